The van der Waals surface area contributed by atoms with E-state index in [1.54, 1.807) is 6.20 Å². The monoisotopic (exact) mass is 351 g/mol. The minimum Gasteiger partial charge on any atom is -0.463 e. The lowest BCUT2D eigenvalue weighted by Gasteiger charge is -2.52. The molecule has 1 aromatic rings. The number of hydrogen-bond donors (Lipinski definition) is 0. The number of aryl methyl sites for hydroxylation is 1. The minimum absolute atomic E-state index is 0.0456. The zero-order chi connectivity index (χ0) is 16.8. The van der Waals surface area contributed by atoms with Crippen LogP contribution in [0.5, 0.6) is 6.01 Å². The van der Waals surface area contributed by atoms with E-state index in [1.807, 2.05) is 13.0 Å². The first-order valence-corrected chi connectivity index (χ1v) is 10.5. The number of likely N-dealkylation sites (tertiary alicyclic amines) is 1. The van der Waals surface area contributed by atoms with Gasteiger partial charge in [-0.2, -0.15) is 0 Å². The van der Waals surface area contributed by atoms with Gasteiger partial charge in [0.1, 0.15) is 4.75 Å². The minimum atomic E-state index is -3.04. The molecule has 24 heavy (non-hydrogen) atoms. The molecule has 3 heterocycles. The third-order valence-corrected chi connectivity index (χ3v) is 8.67. The molecule has 0 radical (unpaired) electrons. The Bertz CT molecular complexity index is 710. The molecule has 3 aliphatic rings. The summed E-state index contributed by atoms with van der Waals surface area (Å²) in [5.41, 5.74) is 0.852. The van der Waals surface area contributed by atoms with Gasteiger partial charge in [0.05, 0.1) is 12.4 Å². The summed E-state index contributed by atoms with van der Waals surface area (Å²) in [6.45, 7) is 3.65. The molecule has 0 N–H and O–H groups in total. The molecular formula is C17H25N3O3S. The summed E-state index contributed by atoms with van der Waals surface area (Å²) in [5.74, 6) is 0.332. The van der Waals surface area contributed by atoms with Crippen molar-refractivity contribution in [3.05, 3.63) is 18.0 Å². The summed E-state index contributed by atoms with van der Waals surface area (Å²) >= 11 is 0. The number of aromatic nitrogens is 2. The fourth-order valence-corrected chi connectivity index (χ4v) is 6.97. The molecule has 0 aromatic carbocycles. The summed E-state index contributed by atoms with van der Waals surface area (Å²) in [6.07, 6.45) is 7.34. The van der Waals surface area contributed by atoms with Gasteiger partial charge in [-0.15, -0.1) is 0 Å². The first-order chi connectivity index (χ1) is 11.5. The molecule has 2 aliphatic heterocycles. The molecule has 1 saturated carbocycles. The van der Waals surface area contributed by atoms with E-state index in [0.717, 1.165) is 5.69 Å². The van der Waals surface area contributed by atoms with E-state index in [0.29, 0.717) is 38.2 Å². The second kappa shape index (κ2) is 5.95. The fourth-order valence-electron chi connectivity index (χ4n) is 4.55. The summed E-state index contributed by atoms with van der Waals surface area (Å²) in [7, 11) is -3.04. The van der Waals surface area contributed by atoms with Crippen LogP contribution in [0, 0.1) is 12.8 Å². The predicted molar refractivity (Wildman–Crippen MR) is 90.7 cm³/mol. The van der Waals surface area contributed by atoms with Gasteiger partial charge in [-0.05, 0) is 32.3 Å². The van der Waals surface area contributed by atoms with Crippen LogP contribution in [-0.4, -0.2) is 59.5 Å². The average Bonchev–Trinajstić information content (AvgIpc) is 3.09. The topological polar surface area (TPSA) is 72.4 Å². The maximum atomic E-state index is 12.7. The van der Waals surface area contributed by atoms with Gasteiger partial charge in [0.2, 0.25) is 0 Å². The van der Waals surface area contributed by atoms with Crippen molar-refractivity contribution in [1.29, 1.82) is 0 Å². The molecule has 1 aromatic heterocycles. The summed E-state index contributed by atoms with van der Waals surface area (Å²) in [4.78, 5) is 10.7. The Labute approximate surface area is 143 Å². The Morgan fingerprint density at radius 3 is 2.75 bits per heavy atom. The highest BCUT2D eigenvalue weighted by Crippen LogP contribution is 2.46. The van der Waals surface area contributed by atoms with E-state index in [1.165, 1.54) is 25.7 Å². The van der Waals surface area contributed by atoms with E-state index < -0.39 is 14.6 Å². The van der Waals surface area contributed by atoms with Crippen LogP contribution in [0.25, 0.3) is 0 Å². The summed E-state index contributed by atoms with van der Waals surface area (Å²) < 4.78 is 30.5. The normalized spacial score (nSPS) is 29.0. The van der Waals surface area contributed by atoms with E-state index in [9.17, 15) is 8.42 Å². The summed E-state index contributed by atoms with van der Waals surface area (Å²) in [6, 6.07) is 2.76. The van der Waals surface area contributed by atoms with Crippen molar-refractivity contribution in [2.24, 2.45) is 5.92 Å². The van der Waals surface area contributed by atoms with Gasteiger partial charge < -0.3 is 4.74 Å². The van der Waals surface area contributed by atoms with E-state index >= 15 is 0 Å². The molecule has 0 amide bonds. The largest absolute Gasteiger partial charge is 0.463 e. The van der Waals surface area contributed by atoms with Gasteiger partial charge in [0, 0.05) is 36.9 Å². The van der Waals surface area contributed by atoms with Gasteiger partial charge >= 0.3 is 6.01 Å². The Kier molecular flexibility index (Phi) is 4.03. The maximum absolute atomic E-state index is 12.7. The lowest BCUT2D eigenvalue weighted by atomic mass is 9.82. The highest BCUT2D eigenvalue weighted by atomic mass is 32.2. The Hall–Kier alpha value is -1.21. The molecule has 3 fully saturated rings. The van der Waals surface area contributed by atoms with Crippen molar-refractivity contribution in [1.82, 2.24) is 14.9 Å². The van der Waals surface area contributed by atoms with Crippen molar-refractivity contribution in [2.45, 2.75) is 49.8 Å². The zero-order valence-electron chi connectivity index (χ0n) is 14.1. The molecule has 2 saturated heterocycles. The molecule has 1 atom stereocenters. The first kappa shape index (κ1) is 16.3. The van der Waals surface area contributed by atoms with Gasteiger partial charge in [-0.1, -0.05) is 12.8 Å². The van der Waals surface area contributed by atoms with E-state index in [-0.39, 0.29) is 11.7 Å². The van der Waals surface area contributed by atoms with Crippen molar-refractivity contribution in [3.63, 3.8) is 0 Å². The van der Waals surface area contributed by atoms with Gasteiger partial charge in [-0.3, -0.25) is 4.90 Å². The number of rotatable bonds is 4. The Morgan fingerprint density at radius 1 is 1.29 bits per heavy atom. The molecule has 0 bridgehead atoms. The van der Waals surface area contributed by atoms with Crippen LogP contribution in [0.2, 0.25) is 0 Å². The third kappa shape index (κ3) is 2.62. The lowest BCUT2D eigenvalue weighted by Crippen LogP contribution is -2.69. The van der Waals surface area contributed by atoms with Crippen LogP contribution in [0.4, 0.5) is 0 Å². The van der Waals surface area contributed by atoms with Crippen LogP contribution in [0.1, 0.15) is 37.8 Å². The maximum Gasteiger partial charge on any atom is 0.316 e. The number of nitrogens with zero attached hydrogens (tertiary/aromatic N) is 3. The van der Waals surface area contributed by atoms with Gasteiger partial charge in [0.25, 0.3) is 0 Å². The van der Waals surface area contributed by atoms with Gasteiger partial charge in [0.15, 0.2) is 9.84 Å². The highest BCUT2D eigenvalue weighted by molar-refractivity contribution is 7.93. The third-order valence-electron chi connectivity index (χ3n) is 6.07. The SMILES string of the molecule is Cc1ccnc(OCC2CCS(=O)(=O)C23CN(C2CCCC2)C3)n1. The van der Waals surface area contributed by atoms with E-state index in [4.69, 9.17) is 4.74 Å². The highest BCUT2D eigenvalue weighted by Gasteiger charge is 2.62. The summed E-state index contributed by atoms with van der Waals surface area (Å²) in [5, 5.41) is 0. The Morgan fingerprint density at radius 2 is 2.04 bits per heavy atom. The first-order valence-electron chi connectivity index (χ1n) is 8.89. The number of ether oxygens (including phenoxy) is 1. The van der Waals surface area contributed by atoms with Crippen molar-refractivity contribution in [2.75, 3.05) is 25.4 Å². The second-order valence-electron chi connectivity index (χ2n) is 7.50. The van der Waals surface area contributed by atoms with Crippen molar-refractivity contribution in [3.8, 4) is 6.01 Å². The van der Waals surface area contributed by atoms with E-state index in [2.05, 4.69) is 14.9 Å². The average molecular weight is 351 g/mol. The van der Waals surface area contributed by atoms with Crippen LogP contribution in [-0.2, 0) is 9.84 Å². The molecule has 132 valence electrons. The van der Waals surface area contributed by atoms with Crippen LogP contribution >= 0.6 is 0 Å². The number of sulfone groups is 1. The van der Waals surface area contributed by atoms with Crippen molar-refractivity contribution < 1.29 is 13.2 Å². The second-order valence-corrected chi connectivity index (χ2v) is 9.95. The lowest BCUT2D eigenvalue weighted by molar-refractivity contribution is 0.0309. The Balaban J connectivity index is 1.45. The van der Waals surface area contributed by atoms with Crippen LogP contribution < -0.4 is 4.74 Å². The van der Waals surface area contributed by atoms with Gasteiger partial charge in [-0.25, -0.2) is 18.4 Å². The smallest absolute Gasteiger partial charge is 0.316 e. The standard InChI is InChI=1S/C17H25N3O3S/c1-13-6-8-18-16(19-13)23-10-14-7-9-24(21,22)17(14)11-20(12-17)15-4-2-3-5-15/h6,8,14-15H,2-5,7,9-12H2,1H3. The molecular weight excluding hydrogens is 326 g/mol. The molecule has 1 spiro atoms. The molecule has 6 nitrogen and oxygen atoms in total. The number of hydrogen-bond acceptors (Lipinski definition) is 6. The van der Waals surface area contributed by atoms with Crippen LogP contribution in [0.3, 0.4) is 0 Å². The van der Waals surface area contributed by atoms with Crippen molar-refractivity contribution >= 4 is 9.84 Å². The predicted octanol–water partition coefficient (Wildman–Crippen LogP) is 1.60. The molecule has 1 unspecified atom stereocenters. The quantitative estimate of drug-likeness (QED) is 0.820. The zero-order valence-corrected chi connectivity index (χ0v) is 15.0. The molecule has 4 rings (SSSR count). The fraction of sp³-hybridized carbons (Fsp3) is 0.765. The molecule has 1 aliphatic carbocycles. The van der Waals surface area contributed by atoms with Crippen LogP contribution in [0.15, 0.2) is 12.3 Å². The molecule has 7 heteroatoms.